The smallest absolute Gasteiger partial charge is 0.226 e. The van der Waals surface area contributed by atoms with Crippen LogP contribution in [-0.2, 0) is 4.79 Å². The first kappa shape index (κ1) is 17.9. The molecule has 5 rings (SSSR count). The lowest BCUT2D eigenvalue weighted by molar-refractivity contribution is -0.146. The third kappa shape index (κ3) is 3.04. The van der Waals surface area contributed by atoms with Crippen LogP contribution in [0.3, 0.4) is 0 Å². The van der Waals surface area contributed by atoms with Gasteiger partial charge in [0.25, 0.3) is 0 Å². The summed E-state index contributed by atoms with van der Waals surface area (Å²) in [7, 11) is 3.57. The topological polar surface area (TPSA) is 32.3 Å². The number of benzene rings is 1. The highest BCUT2D eigenvalue weighted by atomic mass is 19.1. The van der Waals surface area contributed by atoms with Crippen molar-refractivity contribution in [3.63, 3.8) is 0 Å². The maximum Gasteiger partial charge on any atom is 0.226 e. The number of hydrogen-bond acceptors (Lipinski definition) is 2. The van der Waals surface area contributed by atoms with Gasteiger partial charge in [-0.1, -0.05) is 6.07 Å². The summed E-state index contributed by atoms with van der Waals surface area (Å²) in [5.74, 6) is 1.06. The maximum atomic E-state index is 14.2. The fraction of sp³-hybridized carbons (Fsp3) is 0.667. The van der Waals surface area contributed by atoms with E-state index in [1.54, 1.807) is 19.0 Å². The molecule has 0 aromatic heterocycles. The van der Waals surface area contributed by atoms with Crippen molar-refractivity contribution in [1.29, 1.82) is 0 Å². The molecule has 4 aliphatic rings. The molecule has 4 aliphatic carbocycles. The highest BCUT2D eigenvalue weighted by Crippen LogP contribution is 2.60. The van der Waals surface area contributed by atoms with E-state index in [1.165, 1.54) is 37.5 Å². The highest BCUT2D eigenvalue weighted by molar-refractivity contribution is 5.83. The van der Waals surface area contributed by atoms with Crippen molar-refractivity contribution in [3.8, 4) is 0 Å². The molecular formula is C21H28F2N2O. The highest BCUT2D eigenvalue weighted by Gasteiger charge is 2.54. The average Bonchev–Trinajstić information content (AvgIpc) is 2.55. The molecule has 0 spiro atoms. The van der Waals surface area contributed by atoms with Crippen LogP contribution >= 0.6 is 0 Å². The van der Waals surface area contributed by atoms with Crippen LogP contribution in [0.5, 0.6) is 0 Å². The Bertz CT molecular complexity index is 648. The molecule has 3 nitrogen and oxygen atoms in total. The first-order valence-corrected chi connectivity index (χ1v) is 9.76. The first-order chi connectivity index (χ1) is 12.4. The summed E-state index contributed by atoms with van der Waals surface area (Å²) in [4.78, 5) is 14.9. The van der Waals surface area contributed by atoms with Crippen molar-refractivity contribution in [2.24, 2.45) is 23.2 Å². The maximum absolute atomic E-state index is 14.2. The molecule has 0 aliphatic heterocycles. The summed E-state index contributed by atoms with van der Waals surface area (Å²) in [6.45, 7) is 0.228. The van der Waals surface area contributed by atoms with Crippen molar-refractivity contribution < 1.29 is 13.6 Å². The number of hydrogen-bond donors (Lipinski definition) is 1. The van der Waals surface area contributed by atoms with Crippen LogP contribution in [0.1, 0.15) is 50.1 Å². The third-order valence-electron chi connectivity index (χ3n) is 6.93. The average molecular weight is 362 g/mol. The summed E-state index contributed by atoms with van der Waals surface area (Å²) in [5.41, 5.74) is -0.206. The number of carbonyl (C=O) groups is 1. The van der Waals surface area contributed by atoms with Gasteiger partial charge in [-0.05, 0) is 82.5 Å². The molecule has 142 valence electrons. The van der Waals surface area contributed by atoms with Crippen LogP contribution in [-0.4, -0.2) is 31.4 Å². The van der Waals surface area contributed by atoms with Gasteiger partial charge >= 0.3 is 0 Å². The van der Waals surface area contributed by atoms with Crippen LogP contribution in [0.4, 0.5) is 8.78 Å². The Labute approximate surface area is 154 Å². The molecule has 4 fully saturated rings. The normalized spacial score (nSPS) is 33.5. The van der Waals surface area contributed by atoms with Crippen LogP contribution in [0.25, 0.3) is 0 Å². The van der Waals surface area contributed by atoms with E-state index >= 15 is 0 Å². The predicted molar refractivity (Wildman–Crippen MR) is 96.4 cm³/mol. The number of nitrogens with zero attached hydrogens (tertiary/aromatic N) is 1. The molecule has 1 aromatic carbocycles. The second kappa shape index (κ2) is 6.59. The van der Waals surface area contributed by atoms with Gasteiger partial charge in [0, 0.05) is 17.5 Å². The van der Waals surface area contributed by atoms with Crippen LogP contribution < -0.4 is 5.32 Å². The van der Waals surface area contributed by atoms with Crippen molar-refractivity contribution in [2.45, 2.75) is 44.6 Å². The van der Waals surface area contributed by atoms with Gasteiger partial charge in [-0.15, -0.1) is 0 Å². The summed E-state index contributed by atoms with van der Waals surface area (Å²) in [6, 6.07) is 3.40. The van der Waals surface area contributed by atoms with Crippen molar-refractivity contribution >= 4 is 5.91 Å². The van der Waals surface area contributed by atoms with Gasteiger partial charge in [0.05, 0.1) is 6.04 Å². The molecule has 26 heavy (non-hydrogen) atoms. The lowest BCUT2D eigenvalue weighted by atomic mass is 9.49. The molecular weight excluding hydrogens is 334 g/mol. The monoisotopic (exact) mass is 362 g/mol. The Morgan fingerprint density at radius 3 is 2.08 bits per heavy atom. The molecule has 0 saturated heterocycles. The van der Waals surface area contributed by atoms with E-state index in [0.29, 0.717) is 17.8 Å². The minimum atomic E-state index is -0.562. The molecule has 0 heterocycles. The molecule has 1 atom stereocenters. The SMILES string of the molecule is CN(C)C(CNC(=O)C12CC3CC(CC(C3)C1)C2)c1c(F)cccc1F. The molecule has 1 unspecified atom stereocenters. The number of likely N-dealkylation sites (N-methyl/N-ethyl adjacent to an activating group) is 1. The van der Waals surface area contributed by atoms with Gasteiger partial charge in [0.2, 0.25) is 5.91 Å². The molecule has 1 amide bonds. The first-order valence-electron chi connectivity index (χ1n) is 9.76. The zero-order valence-electron chi connectivity index (χ0n) is 15.6. The number of halogens is 2. The van der Waals surface area contributed by atoms with Gasteiger partial charge < -0.3 is 10.2 Å². The van der Waals surface area contributed by atoms with Crippen LogP contribution in [0.15, 0.2) is 18.2 Å². The van der Waals surface area contributed by atoms with Crippen molar-refractivity contribution in [3.05, 3.63) is 35.4 Å². The second-order valence-corrected chi connectivity index (χ2v) is 9.02. The zero-order chi connectivity index (χ0) is 18.5. The van der Waals surface area contributed by atoms with Gasteiger partial charge in [-0.2, -0.15) is 0 Å². The Kier molecular flexibility index (Phi) is 4.54. The minimum Gasteiger partial charge on any atom is -0.354 e. The van der Waals surface area contributed by atoms with E-state index in [1.807, 2.05) is 0 Å². The third-order valence-corrected chi connectivity index (χ3v) is 6.93. The fourth-order valence-electron chi connectivity index (χ4n) is 6.14. The summed E-state index contributed by atoms with van der Waals surface area (Å²) in [6.07, 6.45) is 6.83. The molecule has 0 radical (unpaired) electrons. The molecule has 4 bridgehead atoms. The Morgan fingerprint density at radius 2 is 1.62 bits per heavy atom. The Balaban J connectivity index is 1.49. The quantitative estimate of drug-likeness (QED) is 0.862. The molecule has 1 aromatic rings. The van der Waals surface area contributed by atoms with E-state index in [2.05, 4.69) is 5.32 Å². The predicted octanol–water partition coefficient (Wildman–Crippen LogP) is 3.90. The summed E-state index contributed by atoms with van der Waals surface area (Å²) >= 11 is 0. The number of carbonyl (C=O) groups excluding carboxylic acids is 1. The standard InChI is InChI=1S/C21H28F2N2O/c1-25(2)18(19-16(22)4-3-5-17(19)23)12-24-20(26)21-9-13-6-14(10-21)8-15(7-13)11-21/h3-5,13-15,18H,6-12H2,1-2H3,(H,24,26). The number of nitrogens with one attached hydrogen (secondary N) is 1. The van der Waals surface area contributed by atoms with Gasteiger partial charge in [0.15, 0.2) is 0 Å². The Hall–Kier alpha value is -1.49. The lowest BCUT2D eigenvalue weighted by Crippen LogP contribution is -2.54. The molecule has 1 N–H and O–H groups in total. The largest absolute Gasteiger partial charge is 0.354 e. The number of rotatable bonds is 5. The van der Waals surface area contributed by atoms with Crippen molar-refractivity contribution in [1.82, 2.24) is 10.2 Å². The molecule has 5 heteroatoms. The van der Waals surface area contributed by atoms with Crippen molar-refractivity contribution in [2.75, 3.05) is 20.6 Å². The van der Waals surface area contributed by atoms with E-state index in [9.17, 15) is 13.6 Å². The zero-order valence-corrected chi connectivity index (χ0v) is 15.6. The van der Waals surface area contributed by atoms with E-state index in [-0.39, 0.29) is 23.4 Å². The Morgan fingerprint density at radius 1 is 1.12 bits per heavy atom. The lowest BCUT2D eigenvalue weighted by Gasteiger charge is -2.55. The van der Waals surface area contributed by atoms with E-state index in [0.717, 1.165) is 19.3 Å². The summed E-state index contributed by atoms with van der Waals surface area (Å²) in [5, 5.41) is 3.06. The number of amides is 1. The van der Waals surface area contributed by atoms with Crippen LogP contribution in [0, 0.1) is 34.8 Å². The second-order valence-electron chi connectivity index (χ2n) is 9.02. The van der Waals surface area contributed by atoms with E-state index in [4.69, 9.17) is 0 Å². The molecule has 4 saturated carbocycles. The fourth-order valence-corrected chi connectivity index (χ4v) is 6.14. The minimum absolute atomic E-state index is 0.0308. The van der Waals surface area contributed by atoms with Gasteiger partial charge in [-0.25, -0.2) is 8.78 Å². The van der Waals surface area contributed by atoms with Crippen LogP contribution in [0.2, 0.25) is 0 Å². The summed E-state index contributed by atoms with van der Waals surface area (Å²) < 4.78 is 28.4. The van der Waals surface area contributed by atoms with Gasteiger partial charge in [0.1, 0.15) is 11.6 Å². The van der Waals surface area contributed by atoms with Gasteiger partial charge in [-0.3, -0.25) is 4.79 Å². The van der Waals surface area contributed by atoms with E-state index < -0.39 is 17.7 Å².